The van der Waals surface area contributed by atoms with Gasteiger partial charge < -0.3 is 22.7 Å². The van der Waals surface area contributed by atoms with E-state index in [9.17, 15) is 17.7 Å². The minimum absolute atomic E-state index is 0. The molecule has 0 radical (unpaired) electrons. The van der Waals surface area contributed by atoms with Crippen molar-refractivity contribution in [3.63, 3.8) is 0 Å². The fourth-order valence-corrected chi connectivity index (χ4v) is 1.66. The van der Waals surface area contributed by atoms with Crippen molar-refractivity contribution in [3.05, 3.63) is 30.0 Å². The summed E-state index contributed by atoms with van der Waals surface area (Å²) in [5.41, 5.74) is -0.636. The number of H-pyrrole nitrogens is 1. The van der Waals surface area contributed by atoms with E-state index in [0.717, 1.165) is 19.2 Å². The number of hydrogen-bond acceptors (Lipinski definition) is 2. The molecule has 2 rings (SSSR count). The van der Waals surface area contributed by atoms with Crippen LogP contribution in [0.1, 0.15) is 10.4 Å². The van der Waals surface area contributed by atoms with Crippen molar-refractivity contribution < 1.29 is 73.9 Å². The Morgan fingerprint density at radius 1 is 1.33 bits per heavy atom. The Kier molecular flexibility index (Phi) is 5.07. The molecule has 0 aliphatic rings. The topological polar surface area (TPSA) is 42.1 Å². The van der Waals surface area contributed by atoms with Gasteiger partial charge in [0.15, 0.2) is 0 Å². The summed E-state index contributed by atoms with van der Waals surface area (Å²) in [4.78, 5) is 14.1. The van der Waals surface area contributed by atoms with Gasteiger partial charge in [0.25, 0.3) is 0 Å². The van der Waals surface area contributed by atoms with Gasteiger partial charge in [0, 0.05) is 17.1 Å². The van der Waals surface area contributed by atoms with Crippen molar-refractivity contribution >= 4 is 29.3 Å². The van der Waals surface area contributed by atoms with Crippen molar-refractivity contribution in [3.8, 4) is 0 Å². The molecule has 90 valence electrons. The molecule has 0 aliphatic heterocycles. The van der Waals surface area contributed by atoms with Crippen LogP contribution in [-0.2, 0) is 4.74 Å². The SMILES string of the molecule is COC(=O)c1cc([B-](F)(F)F)cc2[nH]ccc12.[K+]. The van der Waals surface area contributed by atoms with E-state index in [2.05, 4.69) is 9.72 Å². The van der Waals surface area contributed by atoms with E-state index in [0.29, 0.717) is 5.39 Å². The Labute approximate surface area is 144 Å². The molecular formula is C10H8BF3KNO2. The van der Waals surface area contributed by atoms with Crippen molar-refractivity contribution in [1.82, 2.24) is 4.98 Å². The number of nitrogens with one attached hydrogen (secondary N) is 1. The fraction of sp³-hybridized carbons (Fsp3) is 0.100. The second-order valence-corrected chi connectivity index (χ2v) is 3.57. The molecule has 0 atom stereocenters. The molecule has 1 heterocycles. The van der Waals surface area contributed by atoms with E-state index in [-0.39, 0.29) is 62.5 Å². The number of aromatic nitrogens is 1. The molecule has 0 bridgehead atoms. The van der Waals surface area contributed by atoms with Crippen LogP contribution in [0.15, 0.2) is 24.4 Å². The van der Waals surface area contributed by atoms with Crippen LogP contribution in [0.4, 0.5) is 12.9 Å². The van der Waals surface area contributed by atoms with Gasteiger partial charge in [-0.3, -0.25) is 0 Å². The molecule has 0 saturated carbocycles. The van der Waals surface area contributed by atoms with E-state index in [1.165, 1.54) is 12.3 Å². The molecule has 18 heavy (non-hydrogen) atoms. The first-order valence-electron chi connectivity index (χ1n) is 4.83. The number of carbonyl (C=O) groups excluding carboxylic acids is 1. The molecule has 1 aromatic carbocycles. The fourth-order valence-electron chi connectivity index (χ4n) is 1.66. The summed E-state index contributed by atoms with van der Waals surface area (Å²) in [6.45, 7) is -5.15. The number of carbonyl (C=O) groups is 1. The Morgan fingerprint density at radius 2 is 2.00 bits per heavy atom. The number of ether oxygens (including phenoxy) is 1. The number of fused-ring (bicyclic) bond motifs is 1. The second kappa shape index (κ2) is 5.79. The number of benzene rings is 1. The maximum Gasteiger partial charge on any atom is 1.00 e. The summed E-state index contributed by atoms with van der Waals surface area (Å²) < 4.78 is 42.5. The third-order valence-electron chi connectivity index (χ3n) is 2.47. The van der Waals surface area contributed by atoms with Gasteiger partial charge in [-0.05, 0) is 6.07 Å². The minimum Gasteiger partial charge on any atom is -0.465 e. The summed E-state index contributed by atoms with van der Waals surface area (Å²) in [5.74, 6) is -0.781. The summed E-state index contributed by atoms with van der Waals surface area (Å²) in [6.07, 6.45) is 1.48. The van der Waals surface area contributed by atoms with Gasteiger partial charge in [-0.15, -0.1) is 5.46 Å². The maximum absolute atomic E-state index is 12.7. The molecule has 8 heteroatoms. The maximum atomic E-state index is 12.7. The number of methoxy groups -OCH3 is 1. The van der Waals surface area contributed by atoms with Gasteiger partial charge in [-0.2, -0.15) is 0 Å². The van der Waals surface area contributed by atoms with E-state index < -0.39 is 18.4 Å². The van der Waals surface area contributed by atoms with Crippen LogP contribution in [0.5, 0.6) is 0 Å². The van der Waals surface area contributed by atoms with Crippen molar-refractivity contribution in [2.75, 3.05) is 7.11 Å². The standard InChI is InChI=1S/C10H8BF3NO2.K/c1-17-10(16)8-4-6(11(12,13)14)5-9-7(8)2-3-15-9;/h2-5,15H,1H3;/q-1;+1. The zero-order valence-electron chi connectivity index (χ0n) is 9.84. The summed E-state index contributed by atoms with van der Waals surface area (Å²) in [5, 5.41) is 0.417. The first-order chi connectivity index (χ1) is 7.93. The minimum atomic E-state index is -5.15. The molecule has 0 aliphatic carbocycles. The number of esters is 1. The molecule has 0 saturated heterocycles. The normalized spacial score (nSPS) is 11.1. The van der Waals surface area contributed by atoms with Crippen molar-refractivity contribution in [2.24, 2.45) is 0 Å². The molecule has 0 spiro atoms. The first-order valence-corrected chi connectivity index (χ1v) is 4.83. The van der Waals surface area contributed by atoms with Crippen LogP contribution in [0.3, 0.4) is 0 Å². The van der Waals surface area contributed by atoms with Gasteiger partial charge in [-0.1, -0.05) is 12.1 Å². The van der Waals surface area contributed by atoms with Crippen LogP contribution in [-0.4, -0.2) is 25.0 Å². The Balaban J connectivity index is 0.00000162. The van der Waals surface area contributed by atoms with Gasteiger partial charge in [0.05, 0.1) is 12.7 Å². The van der Waals surface area contributed by atoms with Crippen LogP contribution >= 0.6 is 0 Å². The van der Waals surface area contributed by atoms with Crippen LogP contribution in [0, 0.1) is 0 Å². The number of halogens is 3. The van der Waals surface area contributed by atoms with Crippen LogP contribution < -0.4 is 56.8 Å². The van der Waals surface area contributed by atoms with E-state index in [1.54, 1.807) is 0 Å². The second-order valence-electron chi connectivity index (χ2n) is 3.57. The molecule has 0 fully saturated rings. The number of hydrogen-bond donors (Lipinski definition) is 1. The number of rotatable bonds is 2. The van der Waals surface area contributed by atoms with E-state index >= 15 is 0 Å². The average Bonchev–Trinajstić information content (AvgIpc) is 2.73. The largest absolute Gasteiger partial charge is 1.00 e. The monoisotopic (exact) mass is 281 g/mol. The Hall–Kier alpha value is -0.279. The van der Waals surface area contributed by atoms with Crippen molar-refractivity contribution in [1.29, 1.82) is 0 Å². The predicted molar refractivity (Wildman–Crippen MR) is 58.4 cm³/mol. The third-order valence-corrected chi connectivity index (χ3v) is 2.47. The summed E-state index contributed by atoms with van der Waals surface area (Å²) in [6, 6.07) is 3.35. The summed E-state index contributed by atoms with van der Waals surface area (Å²) in [7, 11) is 1.13. The molecule has 2 aromatic rings. The predicted octanol–water partition coefficient (Wildman–Crippen LogP) is -0.987. The molecule has 3 nitrogen and oxygen atoms in total. The van der Waals surface area contributed by atoms with Crippen molar-refractivity contribution in [2.45, 2.75) is 0 Å². The molecule has 1 aromatic heterocycles. The van der Waals surface area contributed by atoms with Gasteiger partial charge in [-0.25, -0.2) is 4.79 Å². The molecular weight excluding hydrogens is 273 g/mol. The van der Waals surface area contributed by atoms with Crippen LogP contribution in [0.25, 0.3) is 10.9 Å². The quantitative estimate of drug-likeness (QED) is 0.567. The Morgan fingerprint density at radius 3 is 2.56 bits per heavy atom. The average molecular weight is 281 g/mol. The zero-order chi connectivity index (χ0) is 12.6. The number of aromatic amines is 1. The molecule has 1 N–H and O–H groups in total. The zero-order valence-corrected chi connectivity index (χ0v) is 13.0. The third kappa shape index (κ3) is 3.00. The Bertz CT molecular complexity index is 582. The molecule has 0 amide bonds. The van der Waals surface area contributed by atoms with E-state index in [4.69, 9.17) is 0 Å². The molecule has 0 unspecified atom stereocenters. The first kappa shape index (κ1) is 15.8. The van der Waals surface area contributed by atoms with Gasteiger partial charge in [0.1, 0.15) is 0 Å². The smallest absolute Gasteiger partial charge is 0.465 e. The van der Waals surface area contributed by atoms with E-state index in [1.807, 2.05) is 0 Å². The van der Waals surface area contributed by atoms with Crippen LogP contribution in [0.2, 0.25) is 0 Å². The summed E-state index contributed by atoms with van der Waals surface area (Å²) >= 11 is 0. The van der Waals surface area contributed by atoms with Gasteiger partial charge in [0.2, 0.25) is 0 Å². The van der Waals surface area contributed by atoms with Gasteiger partial charge >= 0.3 is 64.3 Å².